The first-order valence-corrected chi connectivity index (χ1v) is 5.06. The first kappa shape index (κ1) is 11.3. The molecule has 0 amide bonds. The molecule has 0 aliphatic heterocycles. The van der Waals surface area contributed by atoms with Gasteiger partial charge in [0.2, 0.25) is 0 Å². The maximum absolute atomic E-state index is 13.4. The fourth-order valence-corrected chi connectivity index (χ4v) is 1.59. The topological polar surface area (TPSA) is 67.6 Å². The van der Waals surface area contributed by atoms with Crippen LogP contribution in [-0.2, 0) is 7.05 Å². The Hall–Kier alpha value is -2.19. The van der Waals surface area contributed by atoms with Gasteiger partial charge in [0.15, 0.2) is 0 Å². The van der Waals surface area contributed by atoms with Crippen molar-refractivity contribution >= 4 is 0 Å². The summed E-state index contributed by atoms with van der Waals surface area (Å²) in [5.74, 6) is -0.559. The minimum atomic E-state index is -0.559. The predicted octanol–water partition coefficient (Wildman–Crippen LogP) is 1.48. The fourth-order valence-electron chi connectivity index (χ4n) is 1.59. The Morgan fingerprint density at radius 1 is 1.47 bits per heavy atom. The number of halogens is 1. The van der Waals surface area contributed by atoms with Crippen molar-refractivity contribution in [2.75, 3.05) is 0 Å². The second kappa shape index (κ2) is 4.36. The van der Waals surface area contributed by atoms with Crippen LogP contribution >= 0.6 is 0 Å². The van der Waals surface area contributed by atoms with E-state index in [2.05, 4.69) is 5.10 Å². The first-order valence-electron chi connectivity index (χ1n) is 5.06. The van der Waals surface area contributed by atoms with Gasteiger partial charge >= 0.3 is 0 Å². The number of rotatable bonds is 2. The largest absolute Gasteiger partial charge is 0.319 e. The molecule has 0 bridgehead atoms. The number of nitrogens with zero attached hydrogens (tertiary/aromatic N) is 3. The average molecular weight is 230 g/mol. The molecule has 17 heavy (non-hydrogen) atoms. The second-order valence-corrected chi connectivity index (χ2v) is 3.74. The van der Waals surface area contributed by atoms with Crippen LogP contribution in [0.3, 0.4) is 0 Å². The number of aryl methyl sites for hydroxylation is 1. The van der Waals surface area contributed by atoms with Crippen molar-refractivity contribution in [2.24, 2.45) is 12.8 Å². The van der Waals surface area contributed by atoms with E-state index >= 15 is 0 Å². The number of aromatic nitrogens is 2. The highest BCUT2D eigenvalue weighted by molar-refractivity contribution is 5.36. The lowest BCUT2D eigenvalue weighted by atomic mass is 10.0. The molecule has 2 rings (SSSR count). The van der Waals surface area contributed by atoms with E-state index in [1.165, 1.54) is 12.1 Å². The van der Waals surface area contributed by atoms with Gasteiger partial charge in [-0.25, -0.2) is 4.39 Å². The zero-order valence-electron chi connectivity index (χ0n) is 9.26. The molecule has 4 nitrogen and oxygen atoms in total. The molecule has 0 spiro atoms. The van der Waals surface area contributed by atoms with E-state index in [1.54, 1.807) is 36.1 Å². The second-order valence-electron chi connectivity index (χ2n) is 3.74. The van der Waals surface area contributed by atoms with E-state index in [4.69, 9.17) is 11.0 Å². The summed E-state index contributed by atoms with van der Waals surface area (Å²) in [5, 5.41) is 12.8. The maximum atomic E-state index is 13.4. The molecule has 0 saturated carbocycles. The van der Waals surface area contributed by atoms with E-state index in [1.807, 2.05) is 0 Å². The molecular weight excluding hydrogens is 219 g/mol. The van der Waals surface area contributed by atoms with Gasteiger partial charge in [-0.05, 0) is 23.8 Å². The van der Waals surface area contributed by atoms with E-state index in [0.29, 0.717) is 11.3 Å². The Labute approximate surface area is 98.1 Å². The summed E-state index contributed by atoms with van der Waals surface area (Å²) in [6.07, 6.45) is 1.77. The minimum absolute atomic E-state index is 0.0157. The van der Waals surface area contributed by atoms with E-state index in [-0.39, 0.29) is 5.56 Å². The molecule has 0 aliphatic carbocycles. The Bertz CT molecular complexity index is 582. The standard InChI is InChI=1S/C12H11FN4/c1-17-5-4-11(16-17)12(15)8-2-3-9(7-14)10(13)6-8/h2-6,12H,15H2,1H3/t12-/m0/s1. The number of hydrogen-bond donors (Lipinski definition) is 1. The molecular formula is C12H11FN4. The highest BCUT2D eigenvalue weighted by Crippen LogP contribution is 2.20. The van der Waals surface area contributed by atoms with Crippen molar-refractivity contribution in [3.05, 3.63) is 53.1 Å². The van der Waals surface area contributed by atoms with Gasteiger partial charge in [-0.1, -0.05) is 6.07 Å². The Morgan fingerprint density at radius 3 is 2.76 bits per heavy atom. The maximum Gasteiger partial charge on any atom is 0.141 e. The highest BCUT2D eigenvalue weighted by atomic mass is 19.1. The Balaban J connectivity index is 2.35. The lowest BCUT2D eigenvalue weighted by Gasteiger charge is -2.09. The number of nitriles is 1. The van der Waals surface area contributed by atoms with Crippen LogP contribution in [0.2, 0.25) is 0 Å². The third kappa shape index (κ3) is 2.17. The van der Waals surface area contributed by atoms with E-state index < -0.39 is 11.9 Å². The van der Waals surface area contributed by atoms with Gasteiger partial charge in [0.1, 0.15) is 11.9 Å². The molecule has 0 aliphatic rings. The summed E-state index contributed by atoms with van der Waals surface area (Å²) in [7, 11) is 1.79. The molecule has 1 aromatic carbocycles. The quantitative estimate of drug-likeness (QED) is 0.849. The van der Waals surface area contributed by atoms with Crippen LogP contribution in [0.4, 0.5) is 4.39 Å². The Morgan fingerprint density at radius 2 is 2.24 bits per heavy atom. The summed E-state index contributed by atoms with van der Waals surface area (Å²) < 4.78 is 15.1. The van der Waals surface area contributed by atoms with Gasteiger partial charge in [-0.2, -0.15) is 10.4 Å². The molecule has 1 heterocycles. The summed E-state index contributed by atoms with van der Waals surface area (Å²) in [5.41, 5.74) is 7.24. The molecule has 1 aromatic heterocycles. The van der Waals surface area contributed by atoms with Crippen LogP contribution in [0.1, 0.15) is 22.9 Å². The number of nitrogens with two attached hydrogens (primary N) is 1. The lowest BCUT2D eigenvalue weighted by molar-refractivity contribution is 0.618. The third-order valence-electron chi connectivity index (χ3n) is 2.53. The normalized spacial score (nSPS) is 12.1. The van der Waals surface area contributed by atoms with Gasteiger partial charge in [0.05, 0.1) is 17.3 Å². The molecule has 2 aromatic rings. The smallest absolute Gasteiger partial charge is 0.141 e. The zero-order valence-corrected chi connectivity index (χ0v) is 9.26. The zero-order chi connectivity index (χ0) is 12.4. The van der Waals surface area contributed by atoms with Crippen LogP contribution in [0, 0.1) is 17.1 Å². The summed E-state index contributed by atoms with van der Waals surface area (Å²) in [4.78, 5) is 0. The van der Waals surface area contributed by atoms with Crippen molar-refractivity contribution < 1.29 is 4.39 Å². The van der Waals surface area contributed by atoms with Gasteiger partial charge in [-0.15, -0.1) is 0 Å². The lowest BCUT2D eigenvalue weighted by Crippen LogP contribution is -2.13. The van der Waals surface area contributed by atoms with Crippen LogP contribution in [0.5, 0.6) is 0 Å². The average Bonchev–Trinajstić information content (AvgIpc) is 2.75. The van der Waals surface area contributed by atoms with Gasteiger partial charge in [0.25, 0.3) is 0 Å². The molecule has 2 N–H and O–H groups in total. The molecule has 0 unspecified atom stereocenters. The monoisotopic (exact) mass is 230 g/mol. The van der Waals surface area contributed by atoms with E-state index in [0.717, 1.165) is 0 Å². The molecule has 0 radical (unpaired) electrons. The van der Waals surface area contributed by atoms with Crippen molar-refractivity contribution in [3.8, 4) is 6.07 Å². The van der Waals surface area contributed by atoms with Crippen molar-refractivity contribution in [3.63, 3.8) is 0 Å². The van der Waals surface area contributed by atoms with Crippen LogP contribution in [-0.4, -0.2) is 9.78 Å². The van der Waals surface area contributed by atoms with E-state index in [9.17, 15) is 4.39 Å². The first-order chi connectivity index (χ1) is 8.11. The minimum Gasteiger partial charge on any atom is -0.319 e. The van der Waals surface area contributed by atoms with Crippen molar-refractivity contribution in [1.29, 1.82) is 5.26 Å². The summed E-state index contributed by atoms with van der Waals surface area (Å²) in [6.45, 7) is 0. The molecule has 0 saturated heterocycles. The van der Waals surface area contributed by atoms with Crippen LogP contribution in [0.15, 0.2) is 30.5 Å². The predicted molar refractivity (Wildman–Crippen MR) is 60.4 cm³/mol. The summed E-state index contributed by atoms with van der Waals surface area (Å²) in [6, 6.07) is 7.40. The Kier molecular flexibility index (Phi) is 2.90. The van der Waals surface area contributed by atoms with Gasteiger partial charge in [-0.3, -0.25) is 4.68 Å². The molecule has 5 heteroatoms. The fraction of sp³-hybridized carbons (Fsp3) is 0.167. The number of benzene rings is 1. The molecule has 1 atom stereocenters. The van der Waals surface area contributed by atoms with Crippen molar-refractivity contribution in [2.45, 2.75) is 6.04 Å². The van der Waals surface area contributed by atoms with Gasteiger partial charge in [0, 0.05) is 13.2 Å². The van der Waals surface area contributed by atoms with Gasteiger partial charge < -0.3 is 5.73 Å². The number of hydrogen-bond acceptors (Lipinski definition) is 3. The summed E-state index contributed by atoms with van der Waals surface area (Å²) >= 11 is 0. The molecule has 0 fully saturated rings. The SMILES string of the molecule is Cn1ccc([C@@H](N)c2ccc(C#N)c(F)c2)n1. The third-order valence-corrected chi connectivity index (χ3v) is 2.53. The molecule has 86 valence electrons. The van der Waals surface area contributed by atoms with Crippen LogP contribution < -0.4 is 5.73 Å². The van der Waals surface area contributed by atoms with Crippen molar-refractivity contribution in [1.82, 2.24) is 9.78 Å². The highest BCUT2D eigenvalue weighted by Gasteiger charge is 2.13. The van der Waals surface area contributed by atoms with Crippen LogP contribution in [0.25, 0.3) is 0 Å².